The summed E-state index contributed by atoms with van der Waals surface area (Å²) in [6, 6.07) is 0. The maximum atomic E-state index is 2.51. The van der Waals surface area contributed by atoms with Crippen molar-refractivity contribution in [2.24, 2.45) is 11.8 Å². The lowest BCUT2D eigenvalue weighted by Gasteiger charge is -2.15. The number of hydrogen-bond acceptors (Lipinski definition) is 0. The van der Waals surface area contributed by atoms with Crippen molar-refractivity contribution in [3.05, 3.63) is 6.42 Å². The fourth-order valence-corrected chi connectivity index (χ4v) is 2.22. The van der Waals surface area contributed by atoms with Crippen LogP contribution in [0.3, 0.4) is 0 Å². The largest absolute Gasteiger partial charge is 0.0654 e. The number of hydrogen-bond donors (Lipinski definition) is 0. The minimum Gasteiger partial charge on any atom is -0.0654 e. The van der Waals surface area contributed by atoms with Gasteiger partial charge in [0.1, 0.15) is 0 Å². The molecule has 0 heteroatoms. The van der Waals surface area contributed by atoms with Gasteiger partial charge in [-0.05, 0) is 31.1 Å². The van der Waals surface area contributed by atoms with Crippen molar-refractivity contribution in [1.82, 2.24) is 0 Å². The number of rotatable bonds is 2. The van der Waals surface area contributed by atoms with Gasteiger partial charge in [-0.1, -0.05) is 39.5 Å². The molecular formula is C11H21. The molecule has 0 aromatic rings. The third-order valence-electron chi connectivity index (χ3n) is 2.79. The Morgan fingerprint density at radius 1 is 1.45 bits per heavy atom. The van der Waals surface area contributed by atoms with E-state index in [0.29, 0.717) is 0 Å². The molecule has 1 rings (SSSR count). The highest BCUT2D eigenvalue weighted by Gasteiger charge is 2.15. The summed E-state index contributed by atoms with van der Waals surface area (Å²) in [5.74, 6) is 1.92. The van der Waals surface area contributed by atoms with Gasteiger partial charge in [-0.2, -0.15) is 0 Å². The summed E-state index contributed by atoms with van der Waals surface area (Å²) in [6.45, 7) is 4.67. The van der Waals surface area contributed by atoms with Crippen LogP contribution in [0.25, 0.3) is 0 Å². The Morgan fingerprint density at radius 2 is 2.27 bits per heavy atom. The molecule has 1 radical (unpaired) electrons. The van der Waals surface area contributed by atoms with E-state index in [-0.39, 0.29) is 0 Å². The van der Waals surface area contributed by atoms with Gasteiger partial charge in [-0.15, -0.1) is 0 Å². The molecule has 0 aromatic carbocycles. The lowest BCUT2D eigenvalue weighted by atomic mass is 9.91. The average Bonchev–Trinajstić information content (AvgIpc) is 2.15. The van der Waals surface area contributed by atoms with E-state index in [1.54, 1.807) is 0 Å². The van der Waals surface area contributed by atoms with Gasteiger partial charge in [0.05, 0.1) is 0 Å². The first-order valence-electron chi connectivity index (χ1n) is 5.16. The zero-order chi connectivity index (χ0) is 8.10. The zero-order valence-corrected chi connectivity index (χ0v) is 7.97. The first-order valence-corrected chi connectivity index (χ1v) is 5.16. The maximum absolute atomic E-state index is 2.51. The predicted molar refractivity (Wildman–Crippen MR) is 50.3 cm³/mol. The molecule has 11 heavy (non-hydrogen) atoms. The van der Waals surface area contributed by atoms with Crippen LogP contribution in [-0.4, -0.2) is 0 Å². The Hall–Kier alpha value is 0. The van der Waals surface area contributed by atoms with E-state index >= 15 is 0 Å². The molecule has 1 saturated carbocycles. The van der Waals surface area contributed by atoms with Crippen LogP contribution in [-0.2, 0) is 0 Å². The van der Waals surface area contributed by atoms with Crippen molar-refractivity contribution in [2.75, 3.05) is 0 Å². The average molecular weight is 153 g/mol. The van der Waals surface area contributed by atoms with Crippen molar-refractivity contribution < 1.29 is 0 Å². The fraction of sp³-hybridized carbons (Fsp3) is 0.909. The van der Waals surface area contributed by atoms with Crippen LogP contribution in [0.2, 0.25) is 0 Å². The third kappa shape index (κ3) is 3.27. The Balaban J connectivity index is 2.27. The fourth-order valence-electron chi connectivity index (χ4n) is 2.22. The molecule has 0 nitrogen and oxygen atoms in total. The zero-order valence-electron chi connectivity index (χ0n) is 7.97. The summed E-state index contributed by atoms with van der Waals surface area (Å²) in [5.41, 5.74) is 0. The van der Waals surface area contributed by atoms with Gasteiger partial charge >= 0.3 is 0 Å². The van der Waals surface area contributed by atoms with Crippen molar-refractivity contribution in [2.45, 2.75) is 52.4 Å². The van der Waals surface area contributed by atoms with E-state index in [1.165, 1.54) is 38.5 Å². The van der Waals surface area contributed by atoms with Crippen LogP contribution >= 0.6 is 0 Å². The topological polar surface area (TPSA) is 0 Å². The SMILES string of the molecule is CCCC1CCC[CH]C(C)C1. The van der Waals surface area contributed by atoms with E-state index in [9.17, 15) is 0 Å². The summed E-state index contributed by atoms with van der Waals surface area (Å²) in [7, 11) is 0. The van der Waals surface area contributed by atoms with Gasteiger partial charge < -0.3 is 0 Å². The summed E-state index contributed by atoms with van der Waals surface area (Å²) in [5, 5.41) is 0. The monoisotopic (exact) mass is 153 g/mol. The predicted octanol–water partition coefficient (Wildman–Crippen LogP) is 3.82. The van der Waals surface area contributed by atoms with Crippen LogP contribution in [0.5, 0.6) is 0 Å². The molecule has 1 fully saturated rings. The lowest BCUT2D eigenvalue weighted by molar-refractivity contribution is 0.388. The van der Waals surface area contributed by atoms with Gasteiger partial charge in [0.2, 0.25) is 0 Å². The lowest BCUT2D eigenvalue weighted by Crippen LogP contribution is -2.02. The third-order valence-corrected chi connectivity index (χ3v) is 2.79. The molecule has 1 aliphatic rings. The molecule has 0 bridgehead atoms. The van der Waals surface area contributed by atoms with Crippen LogP contribution in [0, 0.1) is 18.3 Å². The second kappa shape index (κ2) is 4.79. The van der Waals surface area contributed by atoms with Crippen molar-refractivity contribution in [3.63, 3.8) is 0 Å². The van der Waals surface area contributed by atoms with Crippen LogP contribution in [0.15, 0.2) is 0 Å². The highest BCUT2D eigenvalue weighted by molar-refractivity contribution is 4.79. The smallest absolute Gasteiger partial charge is 0.0357 e. The van der Waals surface area contributed by atoms with Crippen LogP contribution in [0.1, 0.15) is 52.4 Å². The Morgan fingerprint density at radius 3 is 3.00 bits per heavy atom. The molecule has 2 atom stereocenters. The van der Waals surface area contributed by atoms with Gasteiger partial charge in [-0.25, -0.2) is 0 Å². The molecule has 0 aromatic heterocycles. The second-order valence-corrected chi connectivity index (χ2v) is 4.03. The molecular weight excluding hydrogens is 132 g/mol. The quantitative estimate of drug-likeness (QED) is 0.529. The van der Waals surface area contributed by atoms with Gasteiger partial charge in [0.15, 0.2) is 0 Å². The molecule has 1 aliphatic carbocycles. The van der Waals surface area contributed by atoms with Gasteiger partial charge in [0, 0.05) is 0 Å². The molecule has 0 saturated heterocycles. The minimum absolute atomic E-state index is 0.883. The molecule has 0 aliphatic heterocycles. The van der Waals surface area contributed by atoms with E-state index in [0.717, 1.165) is 11.8 Å². The standard InChI is InChI=1S/C11H21/c1-3-6-11-8-5-4-7-10(2)9-11/h7,10-11H,3-6,8-9H2,1-2H3. The summed E-state index contributed by atoms with van der Waals surface area (Å²) >= 11 is 0. The molecule has 0 heterocycles. The summed E-state index contributed by atoms with van der Waals surface area (Å²) < 4.78 is 0. The Bertz CT molecular complexity index is 96.2. The van der Waals surface area contributed by atoms with E-state index in [2.05, 4.69) is 20.3 Å². The Kier molecular flexibility index (Phi) is 3.96. The molecule has 0 N–H and O–H groups in total. The van der Waals surface area contributed by atoms with Crippen molar-refractivity contribution in [1.29, 1.82) is 0 Å². The summed E-state index contributed by atoms with van der Waals surface area (Å²) in [6.07, 6.45) is 11.1. The van der Waals surface area contributed by atoms with E-state index < -0.39 is 0 Å². The van der Waals surface area contributed by atoms with Gasteiger partial charge in [0.25, 0.3) is 0 Å². The second-order valence-electron chi connectivity index (χ2n) is 4.03. The first kappa shape index (κ1) is 9.09. The highest BCUT2D eigenvalue weighted by atomic mass is 14.2. The minimum atomic E-state index is 0.883. The van der Waals surface area contributed by atoms with Gasteiger partial charge in [-0.3, -0.25) is 0 Å². The molecule has 0 spiro atoms. The van der Waals surface area contributed by atoms with Crippen molar-refractivity contribution in [3.8, 4) is 0 Å². The van der Waals surface area contributed by atoms with Crippen LogP contribution in [0.4, 0.5) is 0 Å². The van der Waals surface area contributed by atoms with Crippen LogP contribution < -0.4 is 0 Å². The Labute approximate surface area is 71.4 Å². The van der Waals surface area contributed by atoms with E-state index in [1.807, 2.05) is 0 Å². The normalized spacial score (nSPS) is 33.3. The first-order chi connectivity index (χ1) is 5.33. The highest BCUT2D eigenvalue weighted by Crippen LogP contribution is 2.29. The van der Waals surface area contributed by atoms with Crippen molar-refractivity contribution >= 4 is 0 Å². The maximum Gasteiger partial charge on any atom is -0.0357 e. The molecule has 2 unspecified atom stereocenters. The molecule has 65 valence electrons. The van der Waals surface area contributed by atoms with E-state index in [4.69, 9.17) is 0 Å². The molecule has 0 amide bonds. The summed E-state index contributed by atoms with van der Waals surface area (Å²) in [4.78, 5) is 0.